The fourth-order valence-electron chi connectivity index (χ4n) is 5.16. The standard InChI is InChI=1S/C33H42N2O6/c1-4-6-8-18-31(38)41-32(24-14-9-7-10-15-24)29(23-40-3)34-33(39)26(13-5-2)20-30(37)35-21-27-17-12-11-16-25(27)19-28(35)22-36/h4-5,7,9-12,14-17,26,28-29,32,36H,1-2,6,8,13,18-23H2,3H3,(H,34,39)/t26-,28-,29-,32-/m0/s1. The van der Waals surface area contributed by atoms with Crippen molar-refractivity contribution in [3.63, 3.8) is 0 Å². The second kappa shape index (κ2) is 16.5. The number of hydrogen-bond acceptors (Lipinski definition) is 6. The number of hydrogen-bond donors (Lipinski definition) is 2. The largest absolute Gasteiger partial charge is 0.455 e. The van der Waals surface area contributed by atoms with Crippen molar-refractivity contribution in [3.05, 3.63) is 96.6 Å². The molecular formula is C33H42N2O6. The van der Waals surface area contributed by atoms with Crippen LogP contribution in [0.3, 0.4) is 0 Å². The van der Waals surface area contributed by atoms with Crippen LogP contribution < -0.4 is 5.32 Å². The fourth-order valence-corrected chi connectivity index (χ4v) is 5.16. The summed E-state index contributed by atoms with van der Waals surface area (Å²) in [5.74, 6) is -1.65. The number of unbranched alkanes of at least 4 members (excludes halogenated alkanes) is 1. The van der Waals surface area contributed by atoms with Crippen LogP contribution in [0.2, 0.25) is 0 Å². The highest BCUT2D eigenvalue weighted by molar-refractivity contribution is 5.86. The second-order valence-electron chi connectivity index (χ2n) is 10.3. The summed E-state index contributed by atoms with van der Waals surface area (Å²) in [6.45, 7) is 7.79. The maximum absolute atomic E-state index is 13.6. The van der Waals surface area contributed by atoms with Crippen LogP contribution in [0.4, 0.5) is 0 Å². The van der Waals surface area contributed by atoms with Gasteiger partial charge in [0.1, 0.15) is 6.10 Å². The molecule has 3 rings (SSSR count). The van der Waals surface area contributed by atoms with Crippen LogP contribution >= 0.6 is 0 Å². The van der Waals surface area contributed by atoms with Gasteiger partial charge in [0, 0.05) is 26.5 Å². The summed E-state index contributed by atoms with van der Waals surface area (Å²) in [5, 5.41) is 13.0. The summed E-state index contributed by atoms with van der Waals surface area (Å²) in [5.41, 5.74) is 2.88. The van der Waals surface area contributed by atoms with Crippen LogP contribution in [0, 0.1) is 5.92 Å². The van der Waals surface area contributed by atoms with E-state index in [1.54, 1.807) is 17.1 Å². The maximum Gasteiger partial charge on any atom is 0.306 e. The highest BCUT2D eigenvalue weighted by Gasteiger charge is 2.34. The minimum absolute atomic E-state index is 0.0480. The maximum atomic E-state index is 13.6. The van der Waals surface area contributed by atoms with E-state index in [-0.39, 0.29) is 56.3 Å². The van der Waals surface area contributed by atoms with Gasteiger partial charge in [-0.15, -0.1) is 13.2 Å². The first-order valence-electron chi connectivity index (χ1n) is 14.1. The molecule has 1 aliphatic heterocycles. The number of carbonyl (C=O) groups is 3. The number of ether oxygens (including phenoxy) is 2. The van der Waals surface area contributed by atoms with Gasteiger partial charge in [-0.3, -0.25) is 14.4 Å². The molecule has 1 aliphatic rings. The molecule has 0 fully saturated rings. The lowest BCUT2D eigenvalue weighted by atomic mass is 9.92. The third kappa shape index (κ3) is 9.13. The number of aliphatic hydroxyl groups excluding tert-OH is 1. The highest BCUT2D eigenvalue weighted by Crippen LogP contribution is 2.27. The zero-order chi connectivity index (χ0) is 29.6. The predicted octanol–water partition coefficient (Wildman–Crippen LogP) is 4.29. The number of amides is 2. The first-order valence-corrected chi connectivity index (χ1v) is 14.1. The molecule has 8 heteroatoms. The summed E-state index contributed by atoms with van der Waals surface area (Å²) >= 11 is 0. The van der Waals surface area contributed by atoms with E-state index in [2.05, 4.69) is 18.5 Å². The van der Waals surface area contributed by atoms with E-state index in [0.29, 0.717) is 25.8 Å². The number of aliphatic hydroxyl groups is 1. The topological polar surface area (TPSA) is 105 Å². The molecule has 0 saturated carbocycles. The lowest BCUT2D eigenvalue weighted by molar-refractivity contribution is -0.153. The van der Waals surface area contributed by atoms with Crippen molar-refractivity contribution in [1.82, 2.24) is 10.2 Å². The molecule has 0 aliphatic carbocycles. The van der Waals surface area contributed by atoms with Crippen LogP contribution in [-0.2, 0) is 36.8 Å². The molecule has 0 spiro atoms. The van der Waals surface area contributed by atoms with Crippen molar-refractivity contribution in [3.8, 4) is 0 Å². The SMILES string of the molecule is C=CCCCC(=O)O[C@@H](c1ccccc1)[C@H](COC)NC(=O)[C@@H](CC=C)CC(=O)N1Cc2ccccc2C[C@H]1CO. The van der Waals surface area contributed by atoms with Crippen molar-refractivity contribution < 1.29 is 29.0 Å². The van der Waals surface area contributed by atoms with Crippen LogP contribution in [0.5, 0.6) is 0 Å². The van der Waals surface area contributed by atoms with Gasteiger partial charge in [0.15, 0.2) is 0 Å². The molecule has 2 N–H and O–H groups in total. The van der Waals surface area contributed by atoms with E-state index >= 15 is 0 Å². The minimum atomic E-state index is -0.784. The molecule has 1 heterocycles. The van der Waals surface area contributed by atoms with E-state index in [1.165, 1.54) is 7.11 Å². The van der Waals surface area contributed by atoms with Crippen LogP contribution in [0.1, 0.15) is 54.9 Å². The molecular weight excluding hydrogens is 520 g/mol. The summed E-state index contributed by atoms with van der Waals surface area (Å²) in [7, 11) is 1.51. The van der Waals surface area contributed by atoms with Crippen molar-refractivity contribution >= 4 is 17.8 Å². The van der Waals surface area contributed by atoms with Crippen molar-refractivity contribution in [2.24, 2.45) is 5.92 Å². The summed E-state index contributed by atoms with van der Waals surface area (Å²) in [6, 6.07) is 16.1. The number of methoxy groups -OCH3 is 1. The zero-order valence-electron chi connectivity index (χ0n) is 23.9. The molecule has 0 radical (unpaired) electrons. The Hall–Kier alpha value is -3.75. The summed E-state index contributed by atoms with van der Waals surface area (Å²) < 4.78 is 11.3. The third-order valence-electron chi connectivity index (χ3n) is 7.34. The molecule has 0 saturated heterocycles. The Morgan fingerprint density at radius 1 is 1.07 bits per heavy atom. The average Bonchev–Trinajstić information content (AvgIpc) is 2.99. The lowest BCUT2D eigenvalue weighted by Gasteiger charge is -2.37. The van der Waals surface area contributed by atoms with E-state index in [9.17, 15) is 19.5 Å². The van der Waals surface area contributed by atoms with Gasteiger partial charge in [0.25, 0.3) is 0 Å². The van der Waals surface area contributed by atoms with Gasteiger partial charge in [-0.25, -0.2) is 0 Å². The Kier molecular flexibility index (Phi) is 12.8. The van der Waals surface area contributed by atoms with Gasteiger partial charge in [0.05, 0.1) is 31.2 Å². The number of esters is 1. The molecule has 2 amide bonds. The summed E-state index contributed by atoms with van der Waals surface area (Å²) in [4.78, 5) is 41.5. The fraction of sp³-hybridized carbons (Fsp3) is 0.424. The Morgan fingerprint density at radius 2 is 1.78 bits per heavy atom. The number of carbonyl (C=O) groups excluding carboxylic acids is 3. The van der Waals surface area contributed by atoms with Gasteiger partial charge in [-0.05, 0) is 42.4 Å². The average molecular weight is 563 g/mol. The van der Waals surface area contributed by atoms with E-state index in [0.717, 1.165) is 16.7 Å². The Morgan fingerprint density at radius 3 is 2.44 bits per heavy atom. The normalized spacial score (nSPS) is 16.5. The smallest absolute Gasteiger partial charge is 0.306 e. The number of allylic oxidation sites excluding steroid dienone is 2. The number of rotatable bonds is 16. The molecule has 2 aromatic rings. The number of nitrogens with zero attached hydrogens (tertiary/aromatic N) is 1. The summed E-state index contributed by atoms with van der Waals surface area (Å²) in [6.07, 6.45) is 4.91. The minimum Gasteiger partial charge on any atom is -0.455 e. The molecule has 41 heavy (non-hydrogen) atoms. The zero-order valence-corrected chi connectivity index (χ0v) is 23.9. The number of benzene rings is 2. The molecule has 0 unspecified atom stereocenters. The van der Waals surface area contributed by atoms with Gasteiger partial charge in [-0.2, -0.15) is 0 Å². The molecule has 4 atom stereocenters. The highest BCUT2D eigenvalue weighted by atomic mass is 16.5. The Bertz CT molecular complexity index is 1170. The van der Waals surface area contributed by atoms with Gasteiger partial charge in [0.2, 0.25) is 11.8 Å². The third-order valence-corrected chi connectivity index (χ3v) is 7.34. The van der Waals surface area contributed by atoms with Crippen molar-refractivity contribution in [2.45, 2.75) is 63.3 Å². The quantitative estimate of drug-likeness (QED) is 0.180. The van der Waals surface area contributed by atoms with E-state index in [1.807, 2.05) is 54.6 Å². The Balaban J connectivity index is 1.77. The van der Waals surface area contributed by atoms with Crippen LogP contribution in [0.15, 0.2) is 79.9 Å². The molecule has 0 bridgehead atoms. The van der Waals surface area contributed by atoms with E-state index in [4.69, 9.17) is 9.47 Å². The predicted molar refractivity (Wildman–Crippen MR) is 158 cm³/mol. The van der Waals surface area contributed by atoms with Gasteiger partial charge in [-0.1, -0.05) is 66.7 Å². The monoisotopic (exact) mass is 562 g/mol. The lowest BCUT2D eigenvalue weighted by Crippen LogP contribution is -2.49. The molecule has 220 valence electrons. The molecule has 8 nitrogen and oxygen atoms in total. The first kappa shape index (κ1) is 31.8. The van der Waals surface area contributed by atoms with Crippen molar-refractivity contribution in [1.29, 1.82) is 0 Å². The van der Waals surface area contributed by atoms with Gasteiger partial charge >= 0.3 is 5.97 Å². The number of fused-ring (bicyclic) bond motifs is 1. The number of nitrogens with one attached hydrogen (secondary N) is 1. The second-order valence-corrected chi connectivity index (χ2v) is 10.3. The van der Waals surface area contributed by atoms with Crippen LogP contribution in [-0.4, -0.2) is 60.2 Å². The first-order chi connectivity index (χ1) is 19.9. The van der Waals surface area contributed by atoms with Crippen LogP contribution in [0.25, 0.3) is 0 Å². The molecule has 0 aromatic heterocycles. The van der Waals surface area contributed by atoms with Crippen molar-refractivity contribution in [2.75, 3.05) is 20.3 Å². The van der Waals surface area contributed by atoms with Gasteiger partial charge < -0.3 is 24.8 Å². The molecule has 2 aromatic carbocycles. The Labute approximate surface area is 243 Å². The van der Waals surface area contributed by atoms with E-state index < -0.39 is 18.1 Å².